The van der Waals surface area contributed by atoms with E-state index in [4.69, 9.17) is 10.8 Å². The van der Waals surface area contributed by atoms with Gasteiger partial charge in [-0.1, -0.05) is 6.42 Å². The Balaban J connectivity index is 2.27. The van der Waals surface area contributed by atoms with Crippen LogP contribution in [0.5, 0.6) is 0 Å². The van der Waals surface area contributed by atoms with Crippen LogP contribution in [0.25, 0.3) is 0 Å². The van der Waals surface area contributed by atoms with Crippen molar-refractivity contribution in [1.29, 1.82) is 0 Å². The van der Waals surface area contributed by atoms with Crippen LogP contribution in [0.4, 0.5) is 0 Å². The van der Waals surface area contributed by atoms with Gasteiger partial charge in [-0.25, -0.2) is 0 Å². The van der Waals surface area contributed by atoms with Crippen molar-refractivity contribution in [2.75, 3.05) is 19.7 Å². The lowest BCUT2D eigenvalue weighted by atomic mass is 10.0. The molecule has 1 saturated heterocycles. The Morgan fingerprint density at radius 1 is 1.54 bits per heavy atom. The van der Waals surface area contributed by atoms with Gasteiger partial charge in [-0.3, -0.25) is 4.90 Å². The third-order valence-corrected chi connectivity index (χ3v) is 2.83. The van der Waals surface area contributed by atoms with E-state index in [0.29, 0.717) is 12.6 Å². The van der Waals surface area contributed by atoms with Crippen molar-refractivity contribution in [3.05, 3.63) is 0 Å². The smallest absolute Gasteiger partial charge is 0.0586 e. The van der Waals surface area contributed by atoms with Crippen LogP contribution in [0.1, 0.15) is 32.6 Å². The molecule has 78 valence electrons. The number of likely N-dealkylation sites (tertiary alicyclic amines) is 1. The number of aliphatic hydroxyl groups excluding tert-OH is 1. The van der Waals surface area contributed by atoms with Crippen LogP contribution < -0.4 is 5.73 Å². The average molecular weight is 186 g/mol. The van der Waals surface area contributed by atoms with Crippen molar-refractivity contribution in [1.82, 2.24) is 4.90 Å². The lowest BCUT2D eigenvalue weighted by Crippen LogP contribution is -2.43. The second kappa shape index (κ2) is 5.58. The second-order valence-corrected chi connectivity index (χ2v) is 4.13. The first-order chi connectivity index (χ1) is 6.24. The Labute approximate surface area is 80.9 Å². The van der Waals surface area contributed by atoms with Gasteiger partial charge in [0.1, 0.15) is 0 Å². The summed E-state index contributed by atoms with van der Waals surface area (Å²) in [7, 11) is 0. The van der Waals surface area contributed by atoms with Crippen molar-refractivity contribution >= 4 is 0 Å². The molecule has 0 radical (unpaired) electrons. The number of hydrogen-bond donors (Lipinski definition) is 2. The number of piperidine rings is 1. The molecule has 3 nitrogen and oxygen atoms in total. The highest BCUT2D eigenvalue weighted by Crippen LogP contribution is 2.16. The molecule has 1 aliphatic rings. The highest BCUT2D eigenvalue weighted by Gasteiger charge is 2.20. The molecule has 13 heavy (non-hydrogen) atoms. The first-order valence-electron chi connectivity index (χ1n) is 5.34. The van der Waals surface area contributed by atoms with Crippen molar-refractivity contribution in [2.24, 2.45) is 5.73 Å². The molecule has 0 spiro atoms. The molecule has 2 atom stereocenters. The summed E-state index contributed by atoms with van der Waals surface area (Å²) in [5.41, 5.74) is 5.71. The average Bonchev–Trinajstić information content (AvgIpc) is 2.15. The van der Waals surface area contributed by atoms with Crippen molar-refractivity contribution < 1.29 is 5.11 Å². The summed E-state index contributed by atoms with van der Waals surface area (Å²) in [5.74, 6) is 0. The normalized spacial score (nSPS) is 27.5. The summed E-state index contributed by atoms with van der Waals surface area (Å²) in [6, 6.07) is 0.675. The fourth-order valence-corrected chi connectivity index (χ4v) is 1.93. The Kier molecular flexibility index (Phi) is 4.70. The van der Waals surface area contributed by atoms with Crippen LogP contribution >= 0.6 is 0 Å². The lowest BCUT2D eigenvalue weighted by Gasteiger charge is -2.34. The summed E-state index contributed by atoms with van der Waals surface area (Å²) in [5, 5.41) is 9.15. The minimum atomic E-state index is 0.279. The maximum Gasteiger partial charge on any atom is 0.0586 e. The molecule has 1 rings (SSSR count). The monoisotopic (exact) mass is 186 g/mol. The van der Waals surface area contributed by atoms with Crippen LogP contribution in [0.15, 0.2) is 0 Å². The van der Waals surface area contributed by atoms with Gasteiger partial charge in [0.2, 0.25) is 0 Å². The van der Waals surface area contributed by atoms with E-state index in [2.05, 4.69) is 4.90 Å². The molecule has 1 fully saturated rings. The van der Waals surface area contributed by atoms with Gasteiger partial charge in [-0.2, -0.15) is 0 Å². The Hall–Kier alpha value is -0.120. The van der Waals surface area contributed by atoms with Gasteiger partial charge in [-0.15, -0.1) is 0 Å². The van der Waals surface area contributed by atoms with E-state index in [0.717, 1.165) is 25.9 Å². The van der Waals surface area contributed by atoms with Crippen LogP contribution in [-0.2, 0) is 0 Å². The Morgan fingerprint density at radius 3 is 2.92 bits per heavy atom. The van der Waals surface area contributed by atoms with Gasteiger partial charge < -0.3 is 10.8 Å². The summed E-state index contributed by atoms with van der Waals surface area (Å²) < 4.78 is 0. The van der Waals surface area contributed by atoms with Crippen LogP contribution in [0.3, 0.4) is 0 Å². The zero-order chi connectivity index (χ0) is 9.68. The SMILES string of the molecule is CC(N)CCN1CCCCC1CO. The number of hydrogen-bond acceptors (Lipinski definition) is 3. The fraction of sp³-hybridized carbons (Fsp3) is 1.00. The molecule has 0 aliphatic carbocycles. The van der Waals surface area contributed by atoms with Crippen molar-refractivity contribution in [3.8, 4) is 0 Å². The highest BCUT2D eigenvalue weighted by atomic mass is 16.3. The largest absolute Gasteiger partial charge is 0.395 e. The van der Waals surface area contributed by atoms with Crippen LogP contribution in [0.2, 0.25) is 0 Å². The summed E-state index contributed by atoms with van der Waals surface area (Å²) in [6.07, 6.45) is 4.72. The first kappa shape index (κ1) is 11.0. The van der Waals surface area contributed by atoms with Gasteiger partial charge in [0.25, 0.3) is 0 Å². The maximum absolute atomic E-state index is 9.15. The molecule has 0 saturated carbocycles. The predicted octanol–water partition coefficient (Wildman–Crippen LogP) is 0.570. The van der Waals surface area contributed by atoms with E-state index < -0.39 is 0 Å². The summed E-state index contributed by atoms with van der Waals surface area (Å²) in [4.78, 5) is 2.38. The number of aliphatic hydroxyl groups is 1. The van der Waals surface area contributed by atoms with E-state index >= 15 is 0 Å². The Morgan fingerprint density at radius 2 is 2.31 bits per heavy atom. The van der Waals surface area contributed by atoms with Gasteiger partial charge in [0, 0.05) is 12.1 Å². The van der Waals surface area contributed by atoms with E-state index in [9.17, 15) is 0 Å². The van der Waals surface area contributed by atoms with Crippen LogP contribution in [0, 0.1) is 0 Å². The molecular weight excluding hydrogens is 164 g/mol. The highest BCUT2D eigenvalue weighted by molar-refractivity contribution is 4.76. The Bertz CT molecular complexity index is 139. The summed E-state index contributed by atoms with van der Waals surface area (Å²) >= 11 is 0. The summed E-state index contributed by atoms with van der Waals surface area (Å²) in [6.45, 7) is 4.53. The lowest BCUT2D eigenvalue weighted by molar-refractivity contribution is 0.0880. The van der Waals surface area contributed by atoms with Gasteiger partial charge in [-0.05, 0) is 39.3 Å². The molecule has 0 bridgehead atoms. The predicted molar refractivity (Wildman–Crippen MR) is 54.6 cm³/mol. The molecule has 0 amide bonds. The minimum Gasteiger partial charge on any atom is -0.395 e. The van der Waals surface area contributed by atoms with Crippen molar-refractivity contribution in [2.45, 2.75) is 44.7 Å². The number of nitrogens with zero attached hydrogens (tertiary/aromatic N) is 1. The van der Waals surface area contributed by atoms with E-state index in [1.54, 1.807) is 0 Å². The van der Waals surface area contributed by atoms with Gasteiger partial charge in [0.15, 0.2) is 0 Å². The second-order valence-electron chi connectivity index (χ2n) is 4.13. The van der Waals surface area contributed by atoms with E-state index in [1.165, 1.54) is 12.8 Å². The first-order valence-corrected chi connectivity index (χ1v) is 5.34. The quantitative estimate of drug-likeness (QED) is 0.675. The van der Waals surface area contributed by atoms with Crippen LogP contribution in [-0.4, -0.2) is 41.8 Å². The molecular formula is C10H22N2O. The van der Waals surface area contributed by atoms with Gasteiger partial charge in [0.05, 0.1) is 6.61 Å². The molecule has 0 aromatic carbocycles. The van der Waals surface area contributed by atoms with Crippen molar-refractivity contribution in [3.63, 3.8) is 0 Å². The standard InChI is InChI=1S/C10H22N2O/c1-9(11)5-7-12-6-3-2-4-10(12)8-13/h9-10,13H,2-8,11H2,1H3. The number of nitrogens with two attached hydrogens (primary N) is 1. The fourth-order valence-electron chi connectivity index (χ4n) is 1.93. The molecule has 3 heteroatoms. The molecule has 3 N–H and O–H groups in total. The minimum absolute atomic E-state index is 0.279. The molecule has 0 aromatic heterocycles. The third kappa shape index (κ3) is 3.63. The van der Waals surface area contributed by atoms with E-state index in [1.807, 2.05) is 6.92 Å². The molecule has 1 heterocycles. The zero-order valence-electron chi connectivity index (χ0n) is 8.58. The zero-order valence-corrected chi connectivity index (χ0v) is 8.58. The molecule has 2 unspecified atom stereocenters. The maximum atomic E-state index is 9.15. The third-order valence-electron chi connectivity index (χ3n) is 2.83. The molecule has 0 aromatic rings. The number of rotatable bonds is 4. The van der Waals surface area contributed by atoms with E-state index in [-0.39, 0.29) is 6.04 Å². The molecule has 1 aliphatic heterocycles. The van der Waals surface area contributed by atoms with Gasteiger partial charge >= 0.3 is 0 Å². The topological polar surface area (TPSA) is 49.5 Å².